The van der Waals surface area contributed by atoms with E-state index in [0.29, 0.717) is 25.3 Å². The van der Waals surface area contributed by atoms with Crippen molar-refractivity contribution in [2.45, 2.75) is 91.3 Å². The van der Waals surface area contributed by atoms with Gasteiger partial charge in [0.05, 0.1) is 0 Å². The zero-order valence-electron chi connectivity index (χ0n) is 21.3. The van der Waals surface area contributed by atoms with Crippen LogP contribution < -0.4 is 0 Å². The fraction of sp³-hybridized carbons (Fsp3) is 0.778. The summed E-state index contributed by atoms with van der Waals surface area (Å²) in [7, 11) is 0. The normalized spacial score (nSPS) is 40.5. The summed E-state index contributed by atoms with van der Waals surface area (Å²) in [4.78, 5) is 49.5. The lowest BCUT2D eigenvalue weighted by atomic mass is 9.44. The molecule has 0 bridgehead atoms. The Morgan fingerprint density at radius 3 is 2.28 bits per heavy atom. The monoisotopic (exact) mass is 512 g/mol. The number of hydrogen-bond acceptors (Lipinski definition) is 6. The summed E-state index contributed by atoms with van der Waals surface area (Å²) in [6.07, 6.45) is 0.540. The highest BCUT2D eigenvalue weighted by Crippen LogP contribution is 2.66. The van der Waals surface area contributed by atoms with E-state index in [0.717, 1.165) is 32.6 Å². The second-order valence-corrected chi connectivity index (χ2v) is 11.8. The van der Waals surface area contributed by atoms with Crippen LogP contribution in [-0.2, 0) is 28.7 Å². The van der Waals surface area contributed by atoms with E-state index in [1.807, 2.05) is 6.92 Å². The Morgan fingerprint density at radius 2 is 1.67 bits per heavy atom. The van der Waals surface area contributed by atoms with E-state index in [1.54, 1.807) is 0 Å². The van der Waals surface area contributed by atoms with Crippen LogP contribution in [0.25, 0.3) is 0 Å². The maximum absolute atomic E-state index is 13.7. The molecule has 4 fully saturated rings. The van der Waals surface area contributed by atoms with Crippen molar-refractivity contribution in [1.29, 1.82) is 0 Å². The molecule has 0 spiro atoms. The molecule has 0 amide bonds. The maximum atomic E-state index is 13.7. The summed E-state index contributed by atoms with van der Waals surface area (Å²) < 4.78 is 49.9. The van der Waals surface area contributed by atoms with Crippen LogP contribution in [0.15, 0.2) is 11.8 Å². The van der Waals surface area contributed by atoms with Gasteiger partial charge in [0, 0.05) is 38.2 Å². The van der Waals surface area contributed by atoms with E-state index in [4.69, 9.17) is 4.74 Å². The van der Waals surface area contributed by atoms with Crippen LogP contribution in [0.1, 0.15) is 79.1 Å². The number of halogens is 3. The minimum atomic E-state index is -4.97. The smallest absolute Gasteiger partial charge is 0.449 e. The predicted molar refractivity (Wildman–Crippen MR) is 122 cm³/mol. The van der Waals surface area contributed by atoms with Crippen molar-refractivity contribution in [1.82, 2.24) is 0 Å². The lowest BCUT2D eigenvalue weighted by Crippen LogP contribution is -2.58. The standard InChI is InChI=1S/C27H35F3O6/c1-14(31)35-17-9-10-25(3)16(11-17)5-6-18-19-7-8-20(26(19,4)13-22(34)24(18)25)21(33)12-23(27(28,29)30)36-15(2)32/h12,16-20,24H,5-11,13H2,1-4H3/b23-12-. The van der Waals surface area contributed by atoms with Crippen LogP contribution in [-0.4, -0.2) is 35.8 Å². The molecule has 6 nitrogen and oxygen atoms in total. The molecule has 0 N–H and O–H groups in total. The van der Waals surface area contributed by atoms with Crippen LogP contribution >= 0.6 is 0 Å². The van der Waals surface area contributed by atoms with Gasteiger partial charge in [0.1, 0.15) is 11.9 Å². The summed E-state index contributed by atoms with van der Waals surface area (Å²) >= 11 is 0. The van der Waals surface area contributed by atoms with Gasteiger partial charge in [0.25, 0.3) is 0 Å². The van der Waals surface area contributed by atoms with Crippen LogP contribution in [0.3, 0.4) is 0 Å². The van der Waals surface area contributed by atoms with Gasteiger partial charge in [-0.3, -0.25) is 19.2 Å². The first-order valence-electron chi connectivity index (χ1n) is 12.9. The molecule has 4 aliphatic rings. The van der Waals surface area contributed by atoms with Gasteiger partial charge >= 0.3 is 18.1 Å². The second-order valence-electron chi connectivity index (χ2n) is 11.8. The molecule has 0 aromatic carbocycles. The second kappa shape index (κ2) is 9.28. The molecule has 0 saturated heterocycles. The van der Waals surface area contributed by atoms with Crippen molar-refractivity contribution < 1.29 is 41.8 Å². The third-order valence-corrected chi connectivity index (χ3v) is 9.78. The van der Waals surface area contributed by atoms with Crippen LogP contribution in [0.2, 0.25) is 0 Å². The van der Waals surface area contributed by atoms with Gasteiger partial charge in [-0.2, -0.15) is 13.2 Å². The molecule has 9 heteroatoms. The number of carbonyl (C=O) groups is 4. The molecular weight excluding hydrogens is 477 g/mol. The number of fused-ring (bicyclic) bond motifs is 5. The quantitative estimate of drug-likeness (QED) is 0.287. The molecule has 0 aromatic heterocycles. The predicted octanol–water partition coefficient (Wildman–Crippen LogP) is 5.33. The van der Waals surface area contributed by atoms with E-state index in [-0.39, 0.29) is 53.4 Å². The molecule has 0 radical (unpaired) electrons. The average molecular weight is 513 g/mol. The Bertz CT molecular complexity index is 986. The molecular formula is C27H35F3O6. The van der Waals surface area contributed by atoms with E-state index >= 15 is 0 Å². The molecule has 200 valence electrons. The largest absolute Gasteiger partial charge is 0.463 e. The highest BCUT2D eigenvalue weighted by atomic mass is 19.4. The molecule has 4 rings (SSSR count). The minimum Gasteiger partial charge on any atom is -0.463 e. The summed E-state index contributed by atoms with van der Waals surface area (Å²) in [6.45, 7) is 6.31. The van der Waals surface area contributed by atoms with E-state index in [2.05, 4.69) is 11.7 Å². The number of alkyl halides is 3. The van der Waals surface area contributed by atoms with Gasteiger partial charge in [-0.25, -0.2) is 0 Å². The summed E-state index contributed by atoms with van der Waals surface area (Å²) in [5.41, 5.74) is -0.935. The number of allylic oxidation sites excluding steroid dienone is 2. The van der Waals surface area contributed by atoms with Crippen molar-refractivity contribution >= 4 is 23.5 Å². The molecule has 0 aromatic rings. The number of ether oxygens (including phenoxy) is 2. The first kappa shape index (κ1) is 26.9. The number of esters is 2. The Hall–Kier alpha value is -2.19. The number of hydrogen-bond donors (Lipinski definition) is 0. The van der Waals surface area contributed by atoms with Gasteiger partial charge < -0.3 is 9.47 Å². The maximum Gasteiger partial charge on any atom is 0.449 e. The van der Waals surface area contributed by atoms with Gasteiger partial charge in [-0.05, 0) is 73.5 Å². The summed E-state index contributed by atoms with van der Waals surface area (Å²) in [5, 5.41) is 0. The third kappa shape index (κ3) is 4.62. The number of carbonyl (C=O) groups excluding carboxylic acids is 4. The zero-order chi connectivity index (χ0) is 26.6. The lowest BCUT2D eigenvalue weighted by molar-refractivity contribution is -0.169. The molecule has 8 atom stereocenters. The Balaban J connectivity index is 1.57. The molecule has 4 aliphatic carbocycles. The van der Waals surface area contributed by atoms with Gasteiger partial charge in [-0.1, -0.05) is 13.8 Å². The first-order valence-corrected chi connectivity index (χ1v) is 12.9. The lowest BCUT2D eigenvalue weighted by Gasteiger charge is -2.59. The first-order chi connectivity index (χ1) is 16.7. The molecule has 0 aliphatic heterocycles. The van der Waals surface area contributed by atoms with E-state index in [9.17, 15) is 32.3 Å². The van der Waals surface area contributed by atoms with Crippen molar-refractivity contribution in [3.63, 3.8) is 0 Å². The molecule has 4 saturated carbocycles. The minimum absolute atomic E-state index is 0.0644. The number of ketones is 2. The van der Waals surface area contributed by atoms with Crippen molar-refractivity contribution in [2.24, 2.45) is 40.4 Å². The van der Waals surface area contributed by atoms with Crippen molar-refractivity contribution in [3.05, 3.63) is 11.8 Å². The Labute approximate surface area is 209 Å². The third-order valence-electron chi connectivity index (χ3n) is 9.78. The fourth-order valence-electron chi connectivity index (χ4n) is 8.40. The highest BCUT2D eigenvalue weighted by Gasteiger charge is 2.64. The Kier molecular flexibility index (Phi) is 6.92. The van der Waals surface area contributed by atoms with Gasteiger partial charge in [-0.15, -0.1) is 0 Å². The fourth-order valence-corrected chi connectivity index (χ4v) is 8.40. The van der Waals surface area contributed by atoms with Crippen LogP contribution in [0.4, 0.5) is 13.2 Å². The van der Waals surface area contributed by atoms with Gasteiger partial charge in [0.15, 0.2) is 5.78 Å². The summed E-state index contributed by atoms with van der Waals surface area (Å²) in [6, 6.07) is 0. The highest BCUT2D eigenvalue weighted by molar-refractivity contribution is 5.95. The number of rotatable bonds is 4. The zero-order valence-corrected chi connectivity index (χ0v) is 21.3. The topological polar surface area (TPSA) is 86.7 Å². The van der Waals surface area contributed by atoms with E-state index < -0.39 is 35.0 Å². The van der Waals surface area contributed by atoms with Crippen molar-refractivity contribution in [2.75, 3.05) is 0 Å². The number of Topliss-reactive ketones (excluding diaryl/α,β-unsaturated/α-hetero) is 1. The van der Waals surface area contributed by atoms with E-state index in [1.165, 1.54) is 6.92 Å². The molecule has 36 heavy (non-hydrogen) atoms. The average Bonchev–Trinajstić information content (AvgIpc) is 3.08. The van der Waals surface area contributed by atoms with Gasteiger partial charge in [0.2, 0.25) is 5.76 Å². The molecule has 0 heterocycles. The van der Waals surface area contributed by atoms with Crippen molar-refractivity contribution in [3.8, 4) is 0 Å². The van der Waals surface area contributed by atoms with Crippen LogP contribution in [0.5, 0.6) is 0 Å². The summed E-state index contributed by atoms with van der Waals surface area (Å²) in [5.74, 6) is -4.15. The SMILES string of the molecule is CC(=O)O/C(=C\C(=O)C1CCC2C3CCC4CC(OC(C)=O)CCC4(C)C3C(=O)CC12C)C(F)(F)F. The van der Waals surface area contributed by atoms with Crippen LogP contribution in [0, 0.1) is 40.4 Å². The Morgan fingerprint density at radius 1 is 0.972 bits per heavy atom. The molecule has 8 unspecified atom stereocenters.